The highest BCUT2D eigenvalue weighted by molar-refractivity contribution is 6.55. The van der Waals surface area contributed by atoms with Crippen LogP contribution in [0, 0.1) is 0 Å². The van der Waals surface area contributed by atoms with Crippen LogP contribution in [0.3, 0.4) is 0 Å². The van der Waals surface area contributed by atoms with E-state index in [1.165, 1.54) is 6.08 Å². The zero-order chi connectivity index (χ0) is 22.5. The van der Waals surface area contributed by atoms with Gasteiger partial charge in [-0.2, -0.15) is 0 Å². The minimum Gasteiger partial charge on any atom is -0.493 e. The van der Waals surface area contributed by atoms with Crippen LogP contribution in [0.4, 0.5) is 0 Å². The molecular formula is C22H21Cl4NO4. The zero-order valence-corrected chi connectivity index (χ0v) is 19.6. The van der Waals surface area contributed by atoms with E-state index in [2.05, 4.69) is 11.7 Å². The van der Waals surface area contributed by atoms with Crippen molar-refractivity contribution in [2.24, 2.45) is 5.16 Å². The largest absolute Gasteiger partial charge is 0.493 e. The Bertz CT molecular complexity index is 874. The third-order valence-electron chi connectivity index (χ3n) is 3.61. The van der Waals surface area contributed by atoms with Crippen LogP contribution in [-0.2, 0) is 4.84 Å². The van der Waals surface area contributed by atoms with Crippen molar-refractivity contribution in [3.05, 3.63) is 75.2 Å². The summed E-state index contributed by atoms with van der Waals surface area (Å²) in [6.07, 6.45) is 5.40. The lowest BCUT2D eigenvalue weighted by Crippen LogP contribution is -2.05. The SMILES string of the molecule is C=CCON=Cc1ccc(OCCCOc2c(Cl)cc(OCC=C(Cl)Cl)cc2Cl)cc1. The number of hydrogen-bond donors (Lipinski definition) is 0. The van der Waals surface area contributed by atoms with Crippen molar-refractivity contribution in [2.75, 3.05) is 26.4 Å². The Kier molecular flexibility index (Phi) is 11.5. The number of hydrogen-bond acceptors (Lipinski definition) is 5. The Labute approximate surface area is 201 Å². The standard InChI is InChI=1S/C22H21Cl4NO4/c1-2-9-31-27-15-16-4-6-17(7-5-16)28-10-3-11-30-22-19(23)13-18(14-20(22)24)29-12-8-21(25)26/h2,4-8,13-15H,1,3,9-12H2. The van der Waals surface area contributed by atoms with Gasteiger partial charge < -0.3 is 19.0 Å². The van der Waals surface area contributed by atoms with Gasteiger partial charge in [-0.25, -0.2) is 0 Å². The van der Waals surface area contributed by atoms with Crippen molar-refractivity contribution >= 4 is 52.6 Å². The Morgan fingerprint density at radius 1 is 0.903 bits per heavy atom. The van der Waals surface area contributed by atoms with Gasteiger partial charge in [-0.3, -0.25) is 0 Å². The van der Waals surface area contributed by atoms with Crippen molar-refractivity contribution in [3.8, 4) is 17.2 Å². The summed E-state index contributed by atoms with van der Waals surface area (Å²) in [5, 5.41) is 4.51. The predicted octanol–water partition coefficient (Wildman–Crippen LogP) is 7.08. The van der Waals surface area contributed by atoms with Crippen LogP contribution in [0.25, 0.3) is 0 Å². The quantitative estimate of drug-likeness (QED) is 0.126. The first-order valence-corrected chi connectivity index (χ1v) is 10.8. The van der Waals surface area contributed by atoms with Gasteiger partial charge in [-0.15, -0.1) is 0 Å². The molecule has 0 saturated heterocycles. The molecule has 166 valence electrons. The third-order valence-corrected chi connectivity index (χ3v) is 4.48. The highest BCUT2D eigenvalue weighted by atomic mass is 35.5. The summed E-state index contributed by atoms with van der Waals surface area (Å²) in [7, 11) is 0. The fourth-order valence-electron chi connectivity index (χ4n) is 2.23. The van der Waals surface area contributed by atoms with Crippen molar-refractivity contribution in [3.63, 3.8) is 0 Å². The Hall–Kier alpha value is -2.05. The molecule has 5 nitrogen and oxygen atoms in total. The number of benzene rings is 2. The molecule has 0 aliphatic rings. The van der Waals surface area contributed by atoms with Crippen LogP contribution in [0.15, 0.2) is 64.8 Å². The Morgan fingerprint density at radius 2 is 1.58 bits per heavy atom. The molecule has 0 unspecified atom stereocenters. The van der Waals surface area contributed by atoms with Crippen LogP contribution in [0.2, 0.25) is 10.0 Å². The predicted molar refractivity (Wildman–Crippen MR) is 128 cm³/mol. The number of halogens is 4. The molecule has 0 aliphatic heterocycles. The van der Waals surface area contributed by atoms with Gasteiger partial charge >= 0.3 is 0 Å². The van der Waals surface area contributed by atoms with E-state index in [1.54, 1.807) is 24.4 Å². The molecule has 0 aliphatic carbocycles. The van der Waals surface area contributed by atoms with Crippen molar-refractivity contribution in [1.29, 1.82) is 0 Å². The fraction of sp³-hybridized carbons (Fsp3) is 0.227. The summed E-state index contributed by atoms with van der Waals surface area (Å²) in [5.74, 6) is 1.62. The van der Waals surface area contributed by atoms with Crippen LogP contribution in [-0.4, -0.2) is 32.6 Å². The van der Waals surface area contributed by atoms with E-state index in [4.69, 9.17) is 65.5 Å². The van der Waals surface area contributed by atoms with Gasteiger partial charge in [0, 0.05) is 18.6 Å². The molecule has 0 heterocycles. The second kappa shape index (κ2) is 14.1. The number of nitrogens with zero attached hydrogens (tertiary/aromatic N) is 1. The third kappa shape index (κ3) is 9.74. The fourth-order valence-corrected chi connectivity index (χ4v) is 2.93. The summed E-state index contributed by atoms with van der Waals surface area (Å²) in [5.41, 5.74) is 0.901. The first-order valence-electron chi connectivity index (χ1n) is 9.24. The minimum absolute atomic E-state index is 0.123. The second-order valence-electron chi connectivity index (χ2n) is 5.96. The van der Waals surface area contributed by atoms with E-state index < -0.39 is 0 Å². The van der Waals surface area contributed by atoms with Crippen LogP contribution >= 0.6 is 46.4 Å². The smallest absolute Gasteiger partial charge is 0.156 e. The van der Waals surface area contributed by atoms with Crippen LogP contribution < -0.4 is 14.2 Å². The molecule has 0 radical (unpaired) electrons. The first-order chi connectivity index (χ1) is 15.0. The summed E-state index contributed by atoms with van der Waals surface area (Å²) < 4.78 is 17.0. The second-order valence-corrected chi connectivity index (χ2v) is 7.78. The maximum absolute atomic E-state index is 6.24. The van der Waals surface area contributed by atoms with Crippen molar-refractivity contribution in [2.45, 2.75) is 6.42 Å². The van der Waals surface area contributed by atoms with Gasteiger partial charge in [0.2, 0.25) is 0 Å². The van der Waals surface area contributed by atoms with E-state index in [1.807, 2.05) is 24.3 Å². The molecule has 0 aromatic heterocycles. The van der Waals surface area contributed by atoms with Gasteiger partial charge in [0.05, 0.1) is 29.5 Å². The summed E-state index contributed by atoms with van der Waals surface area (Å²) >= 11 is 23.6. The molecule has 2 aromatic rings. The maximum atomic E-state index is 6.24. The lowest BCUT2D eigenvalue weighted by Gasteiger charge is -2.12. The molecule has 0 amide bonds. The van der Waals surface area contributed by atoms with Gasteiger partial charge in [0.25, 0.3) is 0 Å². The van der Waals surface area contributed by atoms with E-state index in [0.717, 1.165) is 11.3 Å². The van der Waals surface area contributed by atoms with Crippen molar-refractivity contribution in [1.82, 2.24) is 0 Å². The first kappa shape index (κ1) is 25.2. The van der Waals surface area contributed by atoms with E-state index >= 15 is 0 Å². The molecule has 0 bridgehead atoms. The molecule has 0 spiro atoms. The van der Waals surface area contributed by atoms with Gasteiger partial charge in [0.1, 0.15) is 29.2 Å². The van der Waals surface area contributed by atoms with E-state index in [9.17, 15) is 0 Å². The molecule has 9 heteroatoms. The molecule has 31 heavy (non-hydrogen) atoms. The van der Waals surface area contributed by atoms with E-state index in [0.29, 0.717) is 47.8 Å². The summed E-state index contributed by atoms with van der Waals surface area (Å²) in [6.45, 7) is 4.97. The molecule has 0 fully saturated rings. The van der Waals surface area contributed by atoms with Crippen molar-refractivity contribution < 1.29 is 19.0 Å². The van der Waals surface area contributed by atoms with Crippen LogP contribution in [0.5, 0.6) is 17.2 Å². The summed E-state index contributed by atoms with van der Waals surface area (Å²) in [4.78, 5) is 4.96. The van der Waals surface area contributed by atoms with Gasteiger partial charge in [0.15, 0.2) is 5.75 Å². The minimum atomic E-state index is 0.123. The molecule has 0 N–H and O–H groups in total. The Morgan fingerprint density at radius 3 is 2.23 bits per heavy atom. The zero-order valence-electron chi connectivity index (χ0n) is 16.5. The monoisotopic (exact) mass is 503 g/mol. The van der Waals surface area contributed by atoms with Gasteiger partial charge in [-0.05, 0) is 35.9 Å². The Balaban J connectivity index is 1.74. The molecular weight excluding hydrogens is 484 g/mol. The molecule has 0 atom stereocenters. The molecule has 0 saturated carbocycles. The summed E-state index contributed by atoms with van der Waals surface area (Å²) in [6, 6.07) is 10.7. The maximum Gasteiger partial charge on any atom is 0.156 e. The number of rotatable bonds is 13. The topological polar surface area (TPSA) is 49.3 Å². The number of oxime groups is 1. The number of ether oxygens (including phenoxy) is 3. The highest BCUT2D eigenvalue weighted by Crippen LogP contribution is 2.37. The average Bonchev–Trinajstić information content (AvgIpc) is 2.73. The lowest BCUT2D eigenvalue weighted by molar-refractivity contribution is 0.176. The lowest BCUT2D eigenvalue weighted by atomic mass is 10.2. The molecule has 2 aromatic carbocycles. The van der Waals surface area contributed by atoms with E-state index in [-0.39, 0.29) is 11.1 Å². The highest BCUT2D eigenvalue weighted by Gasteiger charge is 2.10. The normalized spacial score (nSPS) is 10.6. The van der Waals surface area contributed by atoms with Gasteiger partial charge in [-0.1, -0.05) is 64.2 Å². The average molecular weight is 505 g/mol. The molecule has 2 rings (SSSR count). The van der Waals surface area contributed by atoms with Crippen LogP contribution in [0.1, 0.15) is 12.0 Å².